The van der Waals surface area contributed by atoms with Crippen LogP contribution in [0.3, 0.4) is 0 Å². The molecule has 8 heteroatoms. The third-order valence-electron chi connectivity index (χ3n) is 5.31. The van der Waals surface area contributed by atoms with Gasteiger partial charge in [0.05, 0.1) is 24.7 Å². The number of thioether (sulfide) groups is 1. The van der Waals surface area contributed by atoms with Crippen LogP contribution in [-0.2, 0) is 16.0 Å². The van der Waals surface area contributed by atoms with Gasteiger partial charge in [-0.25, -0.2) is 0 Å². The van der Waals surface area contributed by atoms with Crippen LogP contribution in [0.4, 0.5) is 5.95 Å². The van der Waals surface area contributed by atoms with Crippen molar-refractivity contribution in [2.45, 2.75) is 31.3 Å². The Morgan fingerprint density at radius 2 is 1.86 bits per heavy atom. The molecule has 1 amide bonds. The first kappa shape index (κ1) is 19.3. The lowest BCUT2D eigenvalue weighted by atomic mass is 10.1. The van der Waals surface area contributed by atoms with Gasteiger partial charge in [-0.05, 0) is 30.9 Å². The molecule has 0 unspecified atom stereocenters. The van der Waals surface area contributed by atoms with Crippen LogP contribution in [-0.4, -0.2) is 70.7 Å². The first-order valence-electron chi connectivity index (χ1n) is 10.0. The number of ether oxygens (including phenoxy) is 1. The van der Waals surface area contributed by atoms with Crippen molar-refractivity contribution in [1.29, 1.82) is 0 Å². The molecule has 4 rings (SSSR count). The van der Waals surface area contributed by atoms with E-state index in [9.17, 15) is 4.79 Å². The van der Waals surface area contributed by atoms with Crippen molar-refractivity contribution < 1.29 is 9.53 Å². The summed E-state index contributed by atoms with van der Waals surface area (Å²) in [5.74, 6) is 1.42. The zero-order valence-electron chi connectivity index (χ0n) is 16.3. The van der Waals surface area contributed by atoms with Crippen LogP contribution < -0.4 is 4.90 Å². The second kappa shape index (κ2) is 8.96. The summed E-state index contributed by atoms with van der Waals surface area (Å²) in [7, 11) is 0. The lowest BCUT2D eigenvalue weighted by molar-refractivity contribution is -0.127. The molecule has 28 heavy (non-hydrogen) atoms. The van der Waals surface area contributed by atoms with Gasteiger partial charge in [0.25, 0.3) is 0 Å². The van der Waals surface area contributed by atoms with Crippen molar-refractivity contribution in [3.8, 4) is 5.69 Å². The van der Waals surface area contributed by atoms with Gasteiger partial charge < -0.3 is 14.5 Å². The van der Waals surface area contributed by atoms with Crippen LogP contribution in [0.15, 0.2) is 29.4 Å². The van der Waals surface area contributed by atoms with Crippen LogP contribution in [0.5, 0.6) is 0 Å². The number of hydrogen-bond acceptors (Lipinski definition) is 6. The van der Waals surface area contributed by atoms with E-state index in [1.165, 1.54) is 17.3 Å². The quantitative estimate of drug-likeness (QED) is 0.693. The molecular weight excluding hydrogens is 374 g/mol. The fraction of sp³-hybridized carbons (Fsp3) is 0.550. The van der Waals surface area contributed by atoms with Gasteiger partial charge in [0, 0.05) is 26.2 Å². The van der Waals surface area contributed by atoms with E-state index in [0.29, 0.717) is 19.0 Å². The van der Waals surface area contributed by atoms with Crippen molar-refractivity contribution in [3.05, 3.63) is 29.8 Å². The minimum Gasteiger partial charge on any atom is -0.378 e. The lowest BCUT2D eigenvalue weighted by Crippen LogP contribution is -2.38. The number of carbonyl (C=O) groups is 1. The summed E-state index contributed by atoms with van der Waals surface area (Å²) in [6.07, 6.45) is 3.14. The van der Waals surface area contributed by atoms with Gasteiger partial charge in [0.1, 0.15) is 0 Å². The van der Waals surface area contributed by atoms with E-state index >= 15 is 0 Å². The Balaban J connectivity index is 1.63. The number of aromatic nitrogens is 3. The van der Waals surface area contributed by atoms with Gasteiger partial charge in [-0.3, -0.25) is 9.36 Å². The van der Waals surface area contributed by atoms with E-state index in [2.05, 4.69) is 44.8 Å². The third-order valence-corrected chi connectivity index (χ3v) is 6.22. The van der Waals surface area contributed by atoms with Crippen molar-refractivity contribution in [2.75, 3.05) is 50.0 Å². The van der Waals surface area contributed by atoms with E-state index in [1.807, 2.05) is 11.0 Å². The van der Waals surface area contributed by atoms with Gasteiger partial charge in [0.2, 0.25) is 11.9 Å². The van der Waals surface area contributed by atoms with Crippen LogP contribution in [0, 0.1) is 0 Å². The molecule has 2 aliphatic heterocycles. The Morgan fingerprint density at radius 1 is 1.11 bits per heavy atom. The Kier molecular flexibility index (Phi) is 6.17. The summed E-state index contributed by atoms with van der Waals surface area (Å²) in [5.41, 5.74) is 2.33. The topological polar surface area (TPSA) is 63.5 Å². The molecule has 2 aromatic rings. The monoisotopic (exact) mass is 401 g/mol. The van der Waals surface area contributed by atoms with E-state index < -0.39 is 0 Å². The molecule has 0 N–H and O–H groups in total. The number of amides is 1. The Labute approximate surface area is 170 Å². The maximum absolute atomic E-state index is 12.5. The normalized spacial score (nSPS) is 17.3. The molecule has 0 saturated carbocycles. The highest BCUT2D eigenvalue weighted by atomic mass is 32.2. The Morgan fingerprint density at radius 3 is 2.61 bits per heavy atom. The summed E-state index contributed by atoms with van der Waals surface area (Å²) in [4.78, 5) is 16.7. The maximum atomic E-state index is 12.5. The SMILES string of the molecule is CCc1ccccc1-n1c(SCC(=O)N2CCCC2)nnc1N1CCOCC1. The summed E-state index contributed by atoms with van der Waals surface area (Å²) in [6.45, 7) is 6.89. The van der Waals surface area contributed by atoms with E-state index in [4.69, 9.17) is 4.74 Å². The summed E-state index contributed by atoms with van der Waals surface area (Å²) in [6, 6.07) is 8.35. The van der Waals surface area contributed by atoms with Crippen molar-refractivity contribution in [3.63, 3.8) is 0 Å². The molecule has 0 spiro atoms. The minimum atomic E-state index is 0.189. The molecule has 7 nitrogen and oxygen atoms in total. The number of aryl methyl sites for hydroxylation is 1. The molecule has 2 fully saturated rings. The largest absolute Gasteiger partial charge is 0.378 e. The predicted molar refractivity (Wildman–Crippen MR) is 110 cm³/mol. The number of likely N-dealkylation sites (tertiary alicyclic amines) is 1. The number of benzene rings is 1. The van der Waals surface area contributed by atoms with Crippen molar-refractivity contribution >= 4 is 23.6 Å². The molecule has 3 heterocycles. The molecule has 0 atom stereocenters. The summed E-state index contributed by atoms with van der Waals surface area (Å²) in [5, 5.41) is 9.74. The van der Waals surface area contributed by atoms with Crippen LogP contribution in [0.2, 0.25) is 0 Å². The first-order valence-corrected chi connectivity index (χ1v) is 11.0. The molecule has 150 valence electrons. The number of carbonyl (C=O) groups excluding carboxylic acids is 1. The zero-order chi connectivity index (χ0) is 19.3. The first-order chi connectivity index (χ1) is 13.8. The molecular formula is C20H27N5O2S. The van der Waals surface area contributed by atoms with Gasteiger partial charge in [-0.1, -0.05) is 36.9 Å². The minimum absolute atomic E-state index is 0.189. The number of nitrogens with zero attached hydrogens (tertiary/aromatic N) is 5. The number of para-hydroxylation sites is 1. The Hall–Kier alpha value is -2.06. The smallest absolute Gasteiger partial charge is 0.233 e. The Bertz CT molecular complexity index is 813. The number of rotatable bonds is 6. The average molecular weight is 402 g/mol. The fourth-order valence-corrected chi connectivity index (χ4v) is 4.59. The predicted octanol–water partition coefficient (Wildman–Crippen LogP) is 2.38. The molecule has 0 aliphatic carbocycles. The number of hydrogen-bond donors (Lipinski definition) is 0. The van der Waals surface area contributed by atoms with E-state index in [0.717, 1.165) is 62.2 Å². The van der Waals surface area contributed by atoms with Crippen LogP contribution in [0.1, 0.15) is 25.3 Å². The van der Waals surface area contributed by atoms with Gasteiger partial charge in [0.15, 0.2) is 5.16 Å². The highest BCUT2D eigenvalue weighted by molar-refractivity contribution is 7.99. The van der Waals surface area contributed by atoms with Gasteiger partial charge in [-0.2, -0.15) is 0 Å². The summed E-state index contributed by atoms with van der Waals surface area (Å²) >= 11 is 1.48. The van der Waals surface area contributed by atoms with Crippen LogP contribution in [0.25, 0.3) is 5.69 Å². The second-order valence-corrected chi connectivity index (χ2v) is 8.02. The highest BCUT2D eigenvalue weighted by Gasteiger charge is 2.24. The van der Waals surface area contributed by atoms with Crippen LogP contribution >= 0.6 is 11.8 Å². The summed E-state index contributed by atoms with van der Waals surface area (Å²) < 4.78 is 7.62. The molecule has 0 bridgehead atoms. The molecule has 1 aromatic heterocycles. The van der Waals surface area contributed by atoms with Crippen molar-refractivity contribution in [1.82, 2.24) is 19.7 Å². The average Bonchev–Trinajstić information content (AvgIpc) is 3.43. The molecule has 2 aliphatic rings. The zero-order valence-corrected chi connectivity index (χ0v) is 17.2. The van der Waals surface area contributed by atoms with Gasteiger partial charge in [-0.15, -0.1) is 10.2 Å². The van der Waals surface area contributed by atoms with Gasteiger partial charge >= 0.3 is 0 Å². The molecule has 1 aromatic carbocycles. The fourth-order valence-electron chi connectivity index (χ4n) is 3.75. The molecule has 2 saturated heterocycles. The number of morpholine rings is 1. The lowest BCUT2D eigenvalue weighted by Gasteiger charge is -2.28. The number of anilines is 1. The van der Waals surface area contributed by atoms with Crippen molar-refractivity contribution in [2.24, 2.45) is 0 Å². The maximum Gasteiger partial charge on any atom is 0.233 e. The molecule has 0 radical (unpaired) electrons. The highest BCUT2D eigenvalue weighted by Crippen LogP contribution is 2.29. The van der Waals surface area contributed by atoms with E-state index in [-0.39, 0.29) is 5.91 Å². The third kappa shape index (κ3) is 4.03. The standard InChI is InChI=1S/C20H27N5O2S/c1-2-16-7-3-4-8-17(16)25-19(24-11-13-27-14-12-24)21-22-20(25)28-15-18(26)23-9-5-6-10-23/h3-4,7-8H,2,5-6,9-15H2,1H3. The van der Waals surface area contributed by atoms with E-state index in [1.54, 1.807) is 0 Å². The second-order valence-electron chi connectivity index (χ2n) is 7.08.